The zero-order valence-electron chi connectivity index (χ0n) is 10.8. The molecule has 0 heterocycles. The summed E-state index contributed by atoms with van der Waals surface area (Å²) in [5.74, 6) is -1.31. The van der Waals surface area contributed by atoms with Gasteiger partial charge in [0.15, 0.2) is 0 Å². The van der Waals surface area contributed by atoms with Crippen LogP contribution in [0.3, 0.4) is 0 Å². The standard InChI is InChI=1S/C10H14N2O6S2/c1-11-19(15,16)8-4-3-5-9(6-8)20(17,18)12(2)7-10(13)14/h3-6,11H,7H2,1-2H3,(H,13,14). The predicted octanol–water partition coefficient (Wildman–Crippen LogP) is -0.700. The van der Waals surface area contributed by atoms with E-state index in [1.807, 2.05) is 0 Å². The average Bonchev–Trinajstić information content (AvgIpc) is 2.38. The van der Waals surface area contributed by atoms with Crippen LogP contribution in [0.15, 0.2) is 34.1 Å². The fourth-order valence-corrected chi connectivity index (χ4v) is 3.39. The number of benzene rings is 1. The van der Waals surface area contributed by atoms with E-state index in [-0.39, 0.29) is 9.79 Å². The monoisotopic (exact) mass is 322 g/mol. The molecular formula is C10H14N2O6S2. The molecular weight excluding hydrogens is 308 g/mol. The molecule has 0 aromatic heterocycles. The summed E-state index contributed by atoms with van der Waals surface area (Å²) in [4.78, 5) is 10.0. The molecule has 0 unspecified atom stereocenters. The van der Waals surface area contributed by atoms with Gasteiger partial charge in [-0.3, -0.25) is 4.79 Å². The minimum Gasteiger partial charge on any atom is -0.480 e. The number of carboxylic acid groups (broad SMARTS) is 1. The zero-order chi connectivity index (χ0) is 15.6. The fourth-order valence-electron chi connectivity index (χ4n) is 1.38. The molecule has 0 spiro atoms. The summed E-state index contributed by atoms with van der Waals surface area (Å²) in [6.07, 6.45) is 0. The van der Waals surface area contributed by atoms with Crippen molar-refractivity contribution < 1.29 is 26.7 Å². The van der Waals surface area contributed by atoms with Gasteiger partial charge in [0.25, 0.3) is 0 Å². The summed E-state index contributed by atoms with van der Waals surface area (Å²) in [5, 5.41) is 8.60. The van der Waals surface area contributed by atoms with E-state index in [0.29, 0.717) is 4.31 Å². The highest BCUT2D eigenvalue weighted by molar-refractivity contribution is 7.90. The Balaban J connectivity index is 3.28. The summed E-state index contributed by atoms with van der Waals surface area (Å²) < 4.78 is 50.1. The Morgan fingerprint density at radius 3 is 2.30 bits per heavy atom. The lowest BCUT2D eigenvalue weighted by molar-refractivity contribution is -0.137. The van der Waals surface area contributed by atoms with E-state index in [1.54, 1.807) is 0 Å². The van der Waals surface area contributed by atoms with E-state index in [2.05, 4.69) is 4.72 Å². The molecule has 0 radical (unpaired) electrons. The Morgan fingerprint density at radius 1 is 1.25 bits per heavy atom. The van der Waals surface area contributed by atoms with Gasteiger partial charge < -0.3 is 5.11 Å². The number of carbonyl (C=O) groups is 1. The minimum atomic E-state index is -4.06. The fraction of sp³-hybridized carbons (Fsp3) is 0.300. The van der Waals surface area contributed by atoms with Crippen molar-refractivity contribution in [2.75, 3.05) is 20.6 Å². The van der Waals surface area contributed by atoms with Crippen molar-refractivity contribution in [1.29, 1.82) is 0 Å². The first-order chi connectivity index (χ1) is 9.11. The number of nitrogens with zero attached hydrogens (tertiary/aromatic N) is 1. The van der Waals surface area contributed by atoms with Gasteiger partial charge in [-0.1, -0.05) is 6.07 Å². The van der Waals surface area contributed by atoms with E-state index in [0.717, 1.165) is 13.1 Å². The second-order valence-electron chi connectivity index (χ2n) is 3.84. The third-order valence-corrected chi connectivity index (χ3v) is 5.66. The minimum absolute atomic E-state index is 0.218. The Bertz CT molecular complexity index is 711. The summed E-state index contributed by atoms with van der Waals surface area (Å²) in [5.41, 5.74) is 0. The third-order valence-electron chi connectivity index (χ3n) is 2.45. The summed E-state index contributed by atoms with van der Waals surface area (Å²) in [7, 11) is -5.54. The molecule has 1 rings (SSSR count). The summed E-state index contributed by atoms with van der Waals surface area (Å²) in [6, 6.07) is 4.68. The molecule has 10 heteroatoms. The van der Waals surface area contributed by atoms with Crippen molar-refractivity contribution in [3.63, 3.8) is 0 Å². The van der Waals surface area contributed by atoms with Gasteiger partial charge in [0.2, 0.25) is 20.0 Å². The molecule has 0 aliphatic carbocycles. The smallest absolute Gasteiger partial charge is 0.318 e. The van der Waals surface area contributed by atoms with Crippen LogP contribution in [-0.4, -0.2) is 52.9 Å². The Morgan fingerprint density at radius 2 is 1.80 bits per heavy atom. The van der Waals surface area contributed by atoms with Gasteiger partial charge >= 0.3 is 5.97 Å². The van der Waals surface area contributed by atoms with E-state index in [1.165, 1.54) is 25.2 Å². The molecule has 0 amide bonds. The van der Waals surface area contributed by atoms with Crippen LogP contribution in [0, 0.1) is 0 Å². The zero-order valence-corrected chi connectivity index (χ0v) is 12.4. The van der Waals surface area contributed by atoms with E-state index < -0.39 is 32.6 Å². The van der Waals surface area contributed by atoms with E-state index >= 15 is 0 Å². The molecule has 0 saturated carbocycles. The largest absolute Gasteiger partial charge is 0.480 e. The van der Waals surface area contributed by atoms with Crippen LogP contribution in [0.4, 0.5) is 0 Å². The number of carboxylic acids is 1. The van der Waals surface area contributed by atoms with Crippen LogP contribution in [0.2, 0.25) is 0 Å². The first kappa shape index (κ1) is 16.6. The van der Waals surface area contributed by atoms with Crippen molar-refractivity contribution in [3.05, 3.63) is 24.3 Å². The lowest BCUT2D eigenvalue weighted by Crippen LogP contribution is -2.32. The van der Waals surface area contributed by atoms with Crippen molar-refractivity contribution in [2.24, 2.45) is 0 Å². The Hall–Kier alpha value is -1.49. The normalized spacial score (nSPS) is 12.6. The molecule has 1 aromatic rings. The predicted molar refractivity (Wildman–Crippen MR) is 70.1 cm³/mol. The van der Waals surface area contributed by atoms with Crippen molar-refractivity contribution in [3.8, 4) is 0 Å². The van der Waals surface area contributed by atoms with Gasteiger partial charge in [-0.15, -0.1) is 0 Å². The molecule has 112 valence electrons. The number of nitrogens with one attached hydrogen (secondary N) is 1. The van der Waals surface area contributed by atoms with Gasteiger partial charge in [-0.05, 0) is 25.2 Å². The first-order valence-corrected chi connectivity index (χ1v) is 8.25. The lowest BCUT2D eigenvalue weighted by Gasteiger charge is -2.15. The first-order valence-electron chi connectivity index (χ1n) is 5.33. The van der Waals surface area contributed by atoms with Crippen molar-refractivity contribution in [2.45, 2.75) is 9.79 Å². The maximum atomic E-state index is 12.1. The lowest BCUT2D eigenvalue weighted by atomic mass is 10.4. The van der Waals surface area contributed by atoms with Gasteiger partial charge in [-0.25, -0.2) is 21.6 Å². The van der Waals surface area contributed by atoms with Crippen LogP contribution in [0.1, 0.15) is 0 Å². The number of hydrogen-bond donors (Lipinski definition) is 2. The maximum absolute atomic E-state index is 12.1. The SMILES string of the molecule is CNS(=O)(=O)c1cccc(S(=O)(=O)N(C)CC(=O)O)c1. The summed E-state index contributed by atoms with van der Waals surface area (Å²) in [6.45, 7) is -0.717. The van der Waals surface area contributed by atoms with Crippen LogP contribution in [0.5, 0.6) is 0 Å². The topological polar surface area (TPSA) is 121 Å². The number of rotatable bonds is 6. The molecule has 0 aliphatic rings. The molecule has 0 saturated heterocycles. The highest BCUT2D eigenvalue weighted by Crippen LogP contribution is 2.18. The van der Waals surface area contributed by atoms with Crippen molar-refractivity contribution in [1.82, 2.24) is 9.03 Å². The quantitative estimate of drug-likeness (QED) is 0.714. The molecule has 0 bridgehead atoms. The maximum Gasteiger partial charge on any atom is 0.318 e. The number of likely N-dealkylation sites (N-methyl/N-ethyl adjacent to an activating group) is 1. The van der Waals surface area contributed by atoms with E-state index in [9.17, 15) is 21.6 Å². The van der Waals surface area contributed by atoms with Gasteiger partial charge in [0.05, 0.1) is 9.79 Å². The Labute approximate surface area is 117 Å². The molecule has 0 aliphatic heterocycles. The number of sulfonamides is 2. The number of hydrogen-bond acceptors (Lipinski definition) is 5. The van der Waals surface area contributed by atoms with Crippen LogP contribution < -0.4 is 4.72 Å². The molecule has 20 heavy (non-hydrogen) atoms. The van der Waals surface area contributed by atoms with Crippen LogP contribution in [0.25, 0.3) is 0 Å². The molecule has 1 aromatic carbocycles. The molecule has 8 nitrogen and oxygen atoms in total. The Kier molecular flexibility index (Phi) is 4.86. The van der Waals surface area contributed by atoms with Crippen LogP contribution in [-0.2, 0) is 24.8 Å². The second kappa shape index (κ2) is 5.87. The average molecular weight is 322 g/mol. The molecule has 0 fully saturated rings. The number of aliphatic carboxylic acids is 1. The van der Waals surface area contributed by atoms with Gasteiger partial charge in [0, 0.05) is 7.05 Å². The van der Waals surface area contributed by atoms with Gasteiger partial charge in [0.1, 0.15) is 6.54 Å². The third kappa shape index (κ3) is 3.54. The molecule has 2 N–H and O–H groups in total. The second-order valence-corrected chi connectivity index (χ2v) is 7.77. The van der Waals surface area contributed by atoms with Crippen molar-refractivity contribution >= 4 is 26.0 Å². The highest BCUT2D eigenvalue weighted by atomic mass is 32.2. The van der Waals surface area contributed by atoms with Gasteiger partial charge in [-0.2, -0.15) is 4.31 Å². The van der Waals surface area contributed by atoms with E-state index in [4.69, 9.17) is 5.11 Å². The highest BCUT2D eigenvalue weighted by Gasteiger charge is 2.24. The molecule has 0 atom stereocenters. The van der Waals surface area contributed by atoms with Crippen LogP contribution >= 0.6 is 0 Å². The summed E-state index contributed by atoms with van der Waals surface area (Å²) >= 11 is 0.